The van der Waals surface area contributed by atoms with Crippen LogP contribution in [0.2, 0.25) is 0 Å². The molecular formula is C15H22N2O2S. The Morgan fingerprint density at radius 2 is 1.95 bits per heavy atom. The predicted octanol–water partition coefficient (Wildman–Crippen LogP) is 3.12. The predicted molar refractivity (Wildman–Crippen MR) is 82.6 cm³/mol. The van der Waals surface area contributed by atoms with Crippen LogP contribution in [-0.2, 0) is 16.4 Å². The molecule has 1 heterocycles. The Morgan fingerprint density at radius 3 is 2.70 bits per heavy atom. The van der Waals surface area contributed by atoms with E-state index in [1.165, 1.54) is 5.56 Å². The number of nitrogens with one attached hydrogen (secondary N) is 2. The van der Waals surface area contributed by atoms with E-state index in [1.54, 1.807) is 0 Å². The van der Waals surface area contributed by atoms with Crippen molar-refractivity contribution in [2.45, 2.75) is 56.7 Å². The molecule has 110 valence electrons. The number of benzene rings is 1. The van der Waals surface area contributed by atoms with E-state index < -0.39 is 10.0 Å². The Morgan fingerprint density at radius 1 is 1.20 bits per heavy atom. The van der Waals surface area contributed by atoms with Gasteiger partial charge >= 0.3 is 0 Å². The summed E-state index contributed by atoms with van der Waals surface area (Å²) in [5.41, 5.74) is 2.88. The number of sulfonamides is 1. The van der Waals surface area contributed by atoms with Gasteiger partial charge in [-0.25, -0.2) is 8.42 Å². The van der Waals surface area contributed by atoms with Gasteiger partial charge in [0.1, 0.15) is 0 Å². The zero-order valence-electron chi connectivity index (χ0n) is 11.9. The summed E-state index contributed by atoms with van der Waals surface area (Å²) in [5.74, 6) is 0. The Hall–Kier alpha value is -1.23. The first-order valence-corrected chi connectivity index (χ1v) is 9.01. The molecule has 2 N–H and O–H groups in total. The molecule has 0 bridgehead atoms. The lowest BCUT2D eigenvalue weighted by molar-refractivity contribution is 0.585. The summed E-state index contributed by atoms with van der Waals surface area (Å²) >= 11 is 0. The first-order chi connectivity index (χ1) is 9.56. The second kappa shape index (κ2) is 5.28. The maximum Gasteiger partial charge on any atom is 0.235 e. The molecule has 5 heteroatoms. The molecule has 1 aromatic rings. The largest absolute Gasteiger partial charge is 0.381 e. The Labute approximate surface area is 121 Å². The molecular weight excluding hydrogens is 272 g/mol. The minimum Gasteiger partial charge on any atom is -0.381 e. The van der Waals surface area contributed by atoms with Crippen LogP contribution in [0.15, 0.2) is 18.2 Å². The zero-order chi connectivity index (χ0) is 14.2. The fraction of sp³-hybridized carbons (Fsp3) is 0.600. The van der Waals surface area contributed by atoms with Crippen LogP contribution in [0.3, 0.4) is 0 Å². The van der Waals surface area contributed by atoms with Gasteiger partial charge in [-0.05, 0) is 44.2 Å². The molecule has 0 spiro atoms. The smallest absolute Gasteiger partial charge is 0.235 e. The van der Waals surface area contributed by atoms with E-state index in [0.717, 1.165) is 44.2 Å². The molecule has 0 saturated heterocycles. The van der Waals surface area contributed by atoms with E-state index in [1.807, 2.05) is 12.1 Å². The summed E-state index contributed by atoms with van der Waals surface area (Å²) in [5, 5.41) is 3.19. The van der Waals surface area contributed by atoms with Crippen LogP contribution in [-0.4, -0.2) is 19.7 Å². The fourth-order valence-electron chi connectivity index (χ4n) is 3.19. The van der Waals surface area contributed by atoms with Gasteiger partial charge in [0, 0.05) is 6.04 Å². The molecule has 0 radical (unpaired) electrons. The topological polar surface area (TPSA) is 58.2 Å². The summed E-state index contributed by atoms with van der Waals surface area (Å²) in [6.07, 6.45) is 5.71. The molecule has 1 unspecified atom stereocenters. The second-order valence-corrected chi connectivity index (χ2v) is 7.94. The Balaban J connectivity index is 1.88. The molecule has 1 saturated carbocycles. The number of hydrogen-bond donors (Lipinski definition) is 2. The zero-order valence-corrected chi connectivity index (χ0v) is 12.7. The van der Waals surface area contributed by atoms with Gasteiger partial charge in [0.15, 0.2) is 0 Å². The third kappa shape index (κ3) is 2.64. The second-order valence-electron chi connectivity index (χ2n) is 5.98. The summed E-state index contributed by atoms with van der Waals surface area (Å²) < 4.78 is 27.7. The van der Waals surface area contributed by atoms with Crippen molar-refractivity contribution in [3.05, 3.63) is 23.8 Å². The highest BCUT2D eigenvalue weighted by Crippen LogP contribution is 2.34. The maximum atomic E-state index is 12.4. The van der Waals surface area contributed by atoms with Gasteiger partial charge < -0.3 is 5.32 Å². The van der Waals surface area contributed by atoms with Crippen molar-refractivity contribution in [2.24, 2.45) is 0 Å². The lowest BCUT2D eigenvalue weighted by Gasteiger charge is -2.27. The van der Waals surface area contributed by atoms with Crippen molar-refractivity contribution < 1.29 is 8.42 Å². The van der Waals surface area contributed by atoms with Crippen molar-refractivity contribution >= 4 is 21.4 Å². The number of aryl methyl sites for hydroxylation is 1. The SMILES string of the molecule is CC1CCc2cccc(NS(=O)(=O)C3CCCC3)c2N1. The monoisotopic (exact) mass is 294 g/mol. The van der Waals surface area contributed by atoms with E-state index >= 15 is 0 Å². The molecule has 2 aliphatic rings. The molecule has 4 nitrogen and oxygen atoms in total. The van der Waals surface area contributed by atoms with Crippen LogP contribution in [0.4, 0.5) is 11.4 Å². The first-order valence-electron chi connectivity index (χ1n) is 7.46. The number of anilines is 2. The van der Waals surface area contributed by atoms with Crippen LogP contribution in [0.1, 0.15) is 44.6 Å². The molecule has 0 aromatic heterocycles. The average Bonchev–Trinajstić information content (AvgIpc) is 2.94. The highest BCUT2D eigenvalue weighted by Gasteiger charge is 2.29. The average molecular weight is 294 g/mol. The van der Waals surface area contributed by atoms with Crippen LogP contribution >= 0.6 is 0 Å². The number of fused-ring (bicyclic) bond motifs is 1. The van der Waals surface area contributed by atoms with Crippen LogP contribution in [0.25, 0.3) is 0 Å². The van der Waals surface area contributed by atoms with Crippen molar-refractivity contribution in [1.29, 1.82) is 0 Å². The van der Waals surface area contributed by atoms with Gasteiger partial charge in [-0.2, -0.15) is 0 Å². The molecule has 1 aromatic carbocycles. The number of para-hydroxylation sites is 1. The lowest BCUT2D eigenvalue weighted by atomic mass is 9.98. The van der Waals surface area contributed by atoms with Gasteiger partial charge in [0.2, 0.25) is 10.0 Å². The van der Waals surface area contributed by atoms with Crippen LogP contribution in [0, 0.1) is 0 Å². The summed E-state index contributed by atoms with van der Waals surface area (Å²) in [4.78, 5) is 0. The van der Waals surface area contributed by atoms with E-state index in [9.17, 15) is 8.42 Å². The van der Waals surface area contributed by atoms with E-state index in [4.69, 9.17) is 0 Å². The summed E-state index contributed by atoms with van der Waals surface area (Å²) in [6, 6.07) is 6.25. The third-order valence-corrected chi connectivity index (χ3v) is 6.23. The quantitative estimate of drug-likeness (QED) is 0.900. The molecule has 1 aliphatic heterocycles. The van der Waals surface area contributed by atoms with Gasteiger partial charge in [0.25, 0.3) is 0 Å². The molecule has 1 aliphatic carbocycles. The summed E-state index contributed by atoms with van der Waals surface area (Å²) in [7, 11) is -3.25. The molecule has 20 heavy (non-hydrogen) atoms. The molecule has 3 rings (SSSR count). The minimum atomic E-state index is -3.25. The van der Waals surface area contributed by atoms with Gasteiger partial charge in [0.05, 0.1) is 16.6 Å². The minimum absolute atomic E-state index is 0.223. The normalized spacial score (nSPS) is 23.1. The summed E-state index contributed by atoms with van der Waals surface area (Å²) in [6.45, 7) is 2.13. The van der Waals surface area contributed by atoms with Gasteiger partial charge in [-0.15, -0.1) is 0 Å². The third-order valence-electron chi connectivity index (χ3n) is 4.38. The Bertz CT molecular complexity index is 592. The number of rotatable bonds is 3. The maximum absolute atomic E-state index is 12.4. The van der Waals surface area contributed by atoms with Crippen LogP contribution in [0.5, 0.6) is 0 Å². The molecule has 1 fully saturated rings. The van der Waals surface area contributed by atoms with Crippen molar-refractivity contribution in [1.82, 2.24) is 0 Å². The van der Waals surface area contributed by atoms with E-state index in [0.29, 0.717) is 11.7 Å². The van der Waals surface area contributed by atoms with Crippen molar-refractivity contribution in [3.8, 4) is 0 Å². The highest BCUT2D eigenvalue weighted by atomic mass is 32.2. The molecule has 1 atom stereocenters. The highest BCUT2D eigenvalue weighted by molar-refractivity contribution is 7.93. The van der Waals surface area contributed by atoms with Gasteiger partial charge in [-0.3, -0.25) is 4.72 Å². The lowest BCUT2D eigenvalue weighted by Crippen LogP contribution is -2.28. The molecule has 0 amide bonds. The first kappa shape index (κ1) is 13.7. The fourth-order valence-corrected chi connectivity index (χ4v) is 4.79. The standard InChI is InChI=1S/C15H22N2O2S/c1-11-9-10-12-5-4-8-14(15(12)16-11)17-20(18,19)13-6-2-3-7-13/h4-5,8,11,13,16-17H,2-3,6-7,9-10H2,1H3. The van der Waals surface area contributed by atoms with Crippen molar-refractivity contribution in [2.75, 3.05) is 10.0 Å². The van der Waals surface area contributed by atoms with Crippen molar-refractivity contribution in [3.63, 3.8) is 0 Å². The van der Waals surface area contributed by atoms with E-state index in [-0.39, 0.29) is 5.25 Å². The van der Waals surface area contributed by atoms with Crippen LogP contribution < -0.4 is 10.0 Å². The Kier molecular flexibility index (Phi) is 3.63. The number of hydrogen-bond acceptors (Lipinski definition) is 3. The van der Waals surface area contributed by atoms with E-state index in [2.05, 4.69) is 23.0 Å². The van der Waals surface area contributed by atoms with Gasteiger partial charge in [-0.1, -0.05) is 25.0 Å².